The van der Waals surface area contributed by atoms with Crippen LogP contribution in [0.2, 0.25) is 0 Å². The van der Waals surface area contributed by atoms with Crippen molar-refractivity contribution in [2.45, 2.75) is 33.6 Å². The highest BCUT2D eigenvalue weighted by Gasteiger charge is 2.10. The standard InChI is InChI=1S/C19H22N2O2/c1-4-6-18(22)20-15-7-5-8-16(12-15)21-19(23)17-10-9-13(2)11-14(17)3/h5,7-12H,4,6H2,1-3H3,(H,20,22)(H,21,23). The Bertz CT molecular complexity index is 723. The minimum absolute atomic E-state index is 0.0228. The monoisotopic (exact) mass is 310 g/mol. The van der Waals surface area contributed by atoms with Gasteiger partial charge in [-0.05, 0) is 50.1 Å². The SMILES string of the molecule is CCCC(=O)Nc1cccc(NC(=O)c2ccc(C)cc2C)c1. The Morgan fingerprint density at radius 1 is 0.957 bits per heavy atom. The van der Waals surface area contributed by atoms with Gasteiger partial charge in [0.25, 0.3) is 5.91 Å². The fraction of sp³-hybridized carbons (Fsp3) is 0.263. The summed E-state index contributed by atoms with van der Waals surface area (Å²) in [6, 6.07) is 12.9. The molecule has 0 atom stereocenters. The first-order chi connectivity index (χ1) is 11.0. The number of nitrogens with one attached hydrogen (secondary N) is 2. The number of rotatable bonds is 5. The Balaban J connectivity index is 2.10. The Labute approximate surface area is 136 Å². The Morgan fingerprint density at radius 3 is 2.30 bits per heavy atom. The van der Waals surface area contributed by atoms with Crippen molar-refractivity contribution < 1.29 is 9.59 Å². The van der Waals surface area contributed by atoms with Crippen molar-refractivity contribution in [3.63, 3.8) is 0 Å². The zero-order valence-corrected chi connectivity index (χ0v) is 13.8. The maximum atomic E-state index is 12.4. The fourth-order valence-electron chi connectivity index (χ4n) is 2.39. The summed E-state index contributed by atoms with van der Waals surface area (Å²) in [4.78, 5) is 24.0. The number of carbonyl (C=O) groups excluding carboxylic acids is 2. The molecule has 2 rings (SSSR count). The molecule has 0 fully saturated rings. The highest BCUT2D eigenvalue weighted by Crippen LogP contribution is 2.18. The number of aryl methyl sites for hydroxylation is 2. The van der Waals surface area contributed by atoms with Gasteiger partial charge in [-0.3, -0.25) is 9.59 Å². The third-order valence-corrected chi connectivity index (χ3v) is 3.51. The summed E-state index contributed by atoms with van der Waals surface area (Å²) in [6.45, 7) is 5.88. The van der Waals surface area contributed by atoms with Crippen molar-refractivity contribution in [1.29, 1.82) is 0 Å². The van der Waals surface area contributed by atoms with Crippen LogP contribution in [0.15, 0.2) is 42.5 Å². The number of carbonyl (C=O) groups is 2. The topological polar surface area (TPSA) is 58.2 Å². The molecular formula is C19H22N2O2. The lowest BCUT2D eigenvalue weighted by atomic mass is 10.1. The molecule has 0 aliphatic rings. The first-order valence-electron chi connectivity index (χ1n) is 7.78. The molecule has 2 aromatic rings. The van der Waals surface area contributed by atoms with Gasteiger partial charge in [-0.2, -0.15) is 0 Å². The van der Waals surface area contributed by atoms with Gasteiger partial charge < -0.3 is 10.6 Å². The molecule has 0 aromatic heterocycles. The Hall–Kier alpha value is -2.62. The summed E-state index contributed by atoms with van der Waals surface area (Å²) >= 11 is 0. The fourth-order valence-corrected chi connectivity index (χ4v) is 2.39. The van der Waals surface area contributed by atoms with Crippen molar-refractivity contribution in [2.75, 3.05) is 10.6 Å². The predicted molar refractivity (Wildman–Crippen MR) is 93.8 cm³/mol. The van der Waals surface area contributed by atoms with Gasteiger partial charge in [0.05, 0.1) is 0 Å². The van der Waals surface area contributed by atoms with Crippen LogP contribution in [0.3, 0.4) is 0 Å². The number of amides is 2. The molecule has 0 radical (unpaired) electrons. The maximum absolute atomic E-state index is 12.4. The molecule has 4 nitrogen and oxygen atoms in total. The van der Waals surface area contributed by atoms with Crippen LogP contribution in [0.5, 0.6) is 0 Å². The van der Waals surface area contributed by atoms with Gasteiger partial charge in [-0.25, -0.2) is 0 Å². The first-order valence-corrected chi connectivity index (χ1v) is 7.78. The van der Waals surface area contributed by atoms with Gasteiger partial charge >= 0.3 is 0 Å². The minimum Gasteiger partial charge on any atom is -0.326 e. The van der Waals surface area contributed by atoms with Gasteiger partial charge in [0, 0.05) is 23.4 Å². The summed E-state index contributed by atoms with van der Waals surface area (Å²) in [7, 11) is 0. The highest BCUT2D eigenvalue weighted by atomic mass is 16.2. The quantitative estimate of drug-likeness (QED) is 0.865. The Morgan fingerprint density at radius 2 is 1.65 bits per heavy atom. The molecule has 0 spiro atoms. The lowest BCUT2D eigenvalue weighted by Gasteiger charge is -2.10. The third-order valence-electron chi connectivity index (χ3n) is 3.51. The predicted octanol–water partition coefficient (Wildman–Crippen LogP) is 4.29. The van der Waals surface area contributed by atoms with E-state index in [9.17, 15) is 9.59 Å². The first kappa shape index (κ1) is 16.7. The summed E-state index contributed by atoms with van der Waals surface area (Å²) in [5, 5.41) is 5.70. The summed E-state index contributed by atoms with van der Waals surface area (Å²) in [5.74, 6) is -0.176. The highest BCUT2D eigenvalue weighted by molar-refractivity contribution is 6.05. The van der Waals surface area contributed by atoms with E-state index >= 15 is 0 Å². The summed E-state index contributed by atoms with van der Waals surface area (Å²) in [6.07, 6.45) is 1.29. The molecule has 23 heavy (non-hydrogen) atoms. The lowest BCUT2D eigenvalue weighted by Crippen LogP contribution is -2.14. The molecule has 0 heterocycles. The molecular weight excluding hydrogens is 288 g/mol. The van der Waals surface area contributed by atoms with Gasteiger partial charge in [-0.1, -0.05) is 30.7 Å². The van der Waals surface area contributed by atoms with Crippen LogP contribution in [0.4, 0.5) is 11.4 Å². The molecule has 0 aliphatic heterocycles. The number of hydrogen-bond donors (Lipinski definition) is 2. The number of anilines is 2. The van der Waals surface area contributed by atoms with E-state index in [2.05, 4.69) is 10.6 Å². The van der Waals surface area contributed by atoms with Crippen LogP contribution in [0.25, 0.3) is 0 Å². The average Bonchev–Trinajstić information content (AvgIpc) is 2.47. The molecule has 0 unspecified atom stereocenters. The van der Waals surface area contributed by atoms with Crippen LogP contribution < -0.4 is 10.6 Å². The zero-order chi connectivity index (χ0) is 16.8. The van der Waals surface area contributed by atoms with Crippen LogP contribution in [0, 0.1) is 13.8 Å². The average molecular weight is 310 g/mol. The molecule has 2 aromatic carbocycles. The molecule has 4 heteroatoms. The number of benzene rings is 2. The second-order valence-electron chi connectivity index (χ2n) is 5.65. The molecule has 0 aliphatic carbocycles. The van der Waals surface area contributed by atoms with Crippen LogP contribution in [0.1, 0.15) is 41.3 Å². The molecule has 0 saturated heterocycles. The lowest BCUT2D eigenvalue weighted by molar-refractivity contribution is -0.116. The van der Waals surface area contributed by atoms with E-state index in [1.165, 1.54) is 0 Å². The van der Waals surface area contributed by atoms with Crippen LogP contribution in [-0.4, -0.2) is 11.8 Å². The van der Waals surface area contributed by atoms with Crippen molar-refractivity contribution in [3.05, 3.63) is 59.2 Å². The smallest absolute Gasteiger partial charge is 0.255 e. The zero-order valence-electron chi connectivity index (χ0n) is 13.8. The van der Waals surface area contributed by atoms with E-state index in [1.807, 2.05) is 39.0 Å². The largest absolute Gasteiger partial charge is 0.326 e. The van der Waals surface area contributed by atoms with Crippen LogP contribution in [-0.2, 0) is 4.79 Å². The van der Waals surface area contributed by atoms with Crippen LogP contribution >= 0.6 is 0 Å². The summed E-state index contributed by atoms with van der Waals surface area (Å²) < 4.78 is 0. The van der Waals surface area contributed by atoms with Gasteiger partial charge in [0.1, 0.15) is 0 Å². The van der Waals surface area contributed by atoms with Gasteiger partial charge in [0.15, 0.2) is 0 Å². The number of hydrogen-bond acceptors (Lipinski definition) is 2. The van der Waals surface area contributed by atoms with Crippen molar-refractivity contribution >= 4 is 23.2 Å². The second kappa shape index (κ2) is 7.58. The Kier molecular flexibility index (Phi) is 5.52. The van der Waals surface area contributed by atoms with Crippen molar-refractivity contribution in [1.82, 2.24) is 0 Å². The van der Waals surface area contributed by atoms with Gasteiger partial charge in [0.2, 0.25) is 5.91 Å². The molecule has 0 saturated carbocycles. The summed E-state index contributed by atoms with van der Waals surface area (Å²) in [5.41, 5.74) is 4.05. The van der Waals surface area contributed by atoms with E-state index in [4.69, 9.17) is 0 Å². The van der Waals surface area contributed by atoms with E-state index in [0.29, 0.717) is 23.4 Å². The normalized spacial score (nSPS) is 10.2. The molecule has 0 bridgehead atoms. The second-order valence-corrected chi connectivity index (χ2v) is 5.65. The molecule has 2 amide bonds. The maximum Gasteiger partial charge on any atom is 0.255 e. The van der Waals surface area contributed by atoms with E-state index < -0.39 is 0 Å². The van der Waals surface area contributed by atoms with E-state index in [1.54, 1.807) is 24.3 Å². The van der Waals surface area contributed by atoms with Gasteiger partial charge in [-0.15, -0.1) is 0 Å². The molecule has 120 valence electrons. The third kappa shape index (κ3) is 4.68. The molecule has 2 N–H and O–H groups in total. The van der Waals surface area contributed by atoms with Crippen molar-refractivity contribution in [2.24, 2.45) is 0 Å². The van der Waals surface area contributed by atoms with Crippen molar-refractivity contribution in [3.8, 4) is 0 Å². The van der Waals surface area contributed by atoms with E-state index in [0.717, 1.165) is 17.5 Å². The van der Waals surface area contributed by atoms with E-state index in [-0.39, 0.29) is 11.8 Å². The minimum atomic E-state index is -0.153.